The fraction of sp³-hybridized carbons (Fsp3) is 0.357. The average molecular weight is 276 g/mol. The second kappa shape index (κ2) is 5.70. The van der Waals surface area contributed by atoms with Gasteiger partial charge >= 0.3 is 5.97 Å². The zero-order chi connectivity index (χ0) is 14.7. The summed E-state index contributed by atoms with van der Waals surface area (Å²) in [5, 5.41) is 20.0. The van der Waals surface area contributed by atoms with Gasteiger partial charge in [0, 0.05) is 5.92 Å². The number of anilines is 1. The molecule has 1 aromatic carbocycles. The molecule has 1 aliphatic carbocycles. The van der Waals surface area contributed by atoms with E-state index in [2.05, 4.69) is 5.32 Å². The Morgan fingerprint density at radius 1 is 1.35 bits per heavy atom. The molecule has 20 heavy (non-hydrogen) atoms. The number of carbonyl (C=O) groups excluding carboxylic acids is 1. The molecule has 1 fully saturated rings. The molecule has 2 unspecified atom stereocenters. The molecule has 1 amide bonds. The number of nitrogens with zero attached hydrogens (tertiary/aromatic N) is 1. The summed E-state index contributed by atoms with van der Waals surface area (Å²) in [5.41, 5.74) is 0.181. The molecule has 5 nitrogen and oxygen atoms in total. The number of aliphatic carboxylic acids is 1. The van der Waals surface area contributed by atoms with Crippen LogP contribution in [0.2, 0.25) is 0 Å². The van der Waals surface area contributed by atoms with E-state index in [4.69, 9.17) is 10.4 Å². The van der Waals surface area contributed by atoms with E-state index >= 15 is 0 Å². The van der Waals surface area contributed by atoms with E-state index < -0.39 is 23.6 Å². The molecule has 1 saturated carbocycles. The molecule has 2 rings (SSSR count). The first-order chi connectivity index (χ1) is 9.51. The normalized spacial score (nSPS) is 21.2. The van der Waals surface area contributed by atoms with Crippen LogP contribution in [0.15, 0.2) is 18.2 Å². The molecule has 2 N–H and O–H groups in total. The van der Waals surface area contributed by atoms with Gasteiger partial charge in [-0.3, -0.25) is 9.59 Å². The maximum absolute atomic E-state index is 13.6. The van der Waals surface area contributed by atoms with E-state index in [9.17, 15) is 14.0 Å². The molecule has 0 saturated heterocycles. The van der Waals surface area contributed by atoms with Crippen LogP contribution < -0.4 is 5.32 Å². The molecular formula is C14H13FN2O3. The van der Waals surface area contributed by atoms with Crippen molar-refractivity contribution in [1.29, 1.82) is 5.26 Å². The highest BCUT2D eigenvalue weighted by atomic mass is 19.1. The van der Waals surface area contributed by atoms with Crippen molar-refractivity contribution in [2.45, 2.75) is 19.3 Å². The van der Waals surface area contributed by atoms with Crippen LogP contribution >= 0.6 is 0 Å². The highest BCUT2D eigenvalue weighted by molar-refractivity contribution is 5.93. The second-order valence-corrected chi connectivity index (χ2v) is 4.84. The largest absolute Gasteiger partial charge is 0.481 e. The number of amides is 1. The number of hydrogen-bond acceptors (Lipinski definition) is 3. The number of halogens is 1. The third-order valence-electron chi connectivity index (χ3n) is 3.51. The lowest BCUT2D eigenvalue weighted by Gasteiger charge is -2.11. The maximum Gasteiger partial charge on any atom is 0.306 e. The van der Waals surface area contributed by atoms with Gasteiger partial charge in [0.05, 0.1) is 23.2 Å². The highest BCUT2D eigenvalue weighted by Crippen LogP contribution is 2.32. The van der Waals surface area contributed by atoms with Gasteiger partial charge in [0.25, 0.3) is 0 Å². The number of carbonyl (C=O) groups is 2. The number of hydrogen-bond donors (Lipinski definition) is 2. The van der Waals surface area contributed by atoms with Crippen LogP contribution in [0.25, 0.3) is 0 Å². The molecule has 2 atom stereocenters. The predicted molar refractivity (Wildman–Crippen MR) is 68.2 cm³/mol. The quantitative estimate of drug-likeness (QED) is 0.884. The number of carboxylic acid groups (broad SMARTS) is 1. The fourth-order valence-electron chi connectivity index (χ4n) is 2.36. The smallest absolute Gasteiger partial charge is 0.306 e. The van der Waals surface area contributed by atoms with E-state index in [1.807, 2.05) is 0 Å². The second-order valence-electron chi connectivity index (χ2n) is 4.84. The molecule has 0 aromatic heterocycles. The van der Waals surface area contributed by atoms with E-state index in [1.54, 1.807) is 6.07 Å². The van der Waals surface area contributed by atoms with Crippen LogP contribution in [-0.4, -0.2) is 17.0 Å². The zero-order valence-corrected chi connectivity index (χ0v) is 10.6. The first-order valence-corrected chi connectivity index (χ1v) is 6.24. The summed E-state index contributed by atoms with van der Waals surface area (Å²) in [6.45, 7) is 0. The van der Waals surface area contributed by atoms with Crippen LogP contribution in [0.1, 0.15) is 24.8 Å². The van der Waals surface area contributed by atoms with Gasteiger partial charge in [-0.1, -0.05) is 0 Å². The fourth-order valence-corrected chi connectivity index (χ4v) is 2.36. The molecule has 0 heterocycles. The highest BCUT2D eigenvalue weighted by Gasteiger charge is 2.34. The molecule has 6 heteroatoms. The molecule has 0 spiro atoms. The Hall–Kier alpha value is -2.42. The summed E-state index contributed by atoms with van der Waals surface area (Å²) < 4.78 is 13.6. The van der Waals surface area contributed by atoms with Crippen LogP contribution in [0.5, 0.6) is 0 Å². The summed E-state index contributed by atoms with van der Waals surface area (Å²) in [7, 11) is 0. The third-order valence-corrected chi connectivity index (χ3v) is 3.51. The summed E-state index contributed by atoms with van der Waals surface area (Å²) in [6.07, 6.45) is 1.23. The molecule has 1 aliphatic rings. The molecule has 104 valence electrons. The van der Waals surface area contributed by atoms with Crippen molar-refractivity contribution in [3.8, 4) is 6.07 Å². The minimum Gasteiger partial charge on any atom is -0.481 e. The van der Waals surface area contributed by atoms with E-state index in [0.717, 1.165) is 6.07 Å². The summed E-state index contributed by atoms with van der Waals surface area (Å²) in [4.78, 5) is 22.8. The van der Waals surface area contributed by atoms with Crippen molar-refractivity contribution in [2.24, 2.45) is 11.8 Å². The van der Waals surface area contributed by atoms with E-state index in [0.29, 0.717) is 12.8 Å². The van der Waals surface area contributed by atoms with Crippen molar-refractivity contribution in [1.82, 2.24) is 0 Å². The van der Waals surface area contributed by atoms with E-state index in [1.165, 1.54) is 12.1 Å². The number of nitriles is 1. The average Bonchev–Trinajstić information content (AvgIpc) is 2.91. The number of benzene rings is 1. The SMILES string of the molecule is N#Cc1ccc(NC(=O)C2CCC(C(=O)O)C2)c(F)c1. The first kappa shape index (κ1) is 14.0. The molecule has 1 aromatic rings. The molecular weight excluding hydrogens is 263 g/mol. The Labute approximate surface area is 115 Å². The van der Waals surface area contributed by atoms with Gasteiger partial charge in [0.1, 0.15) is 5.82 Å². The van der Waals surface area contributed by atoms with Gasteiger partial charge < -0.3 is 10.4 Å². The Morgan fingerprint density at radius 3 is 2.60 bits per heavy atom. The van der Waals surface area contributed by atoms with Crippen molar-refractivity contribution >= 4 is 17.6 Å². The van der Waals surface area contributed by atoms with Crippen molar-refractivity contribution in [3.63, 3.8) is 0 Å². The first-order valence-electron chi connectivity index (χ1n) is 6.24. The minimum atomic E-state index is -0.898. The molecule has 0 aliphatic heterocycles. The topological polar surface area (TPSA) is 90.2 Å². The number of rotatable bonds is 3. The van der Waals surface area contributed by atoms with Gasteiger partial charge in [-0.25, -0.2) is 4.39 Å². The lowest BCUT2D eigenvalue weighted by molar-refractivity contribution is -0.141. The lowest BCUT2D eigenvalue weighted by atomic mass is 10.0. The van der Waals surface area contributed by atoms with Gasteiger partial charge in [-0.2, -0.15) is 5.26 Å². The van der Waals surface area contributed by atoms with Gasteiger partial charge in [0.15, 0.2) is 0 Å². The maximum atomic E-state index is 13.6. The Morgan fingerprint density at radius 2 is 2.05 bits per heavy atom. The van der Waals surface area contributed by atoms with Crippen LogP contribution in [0.3, 0.4) is 0 Å². The van der Waals surface area contributed by atoms with Crippen LogP contribution in [0, 0.1) is 29.0 Å². The monoisotopic (exact) mass is 276 g/mol. The summed E-state index contributed by atoms with van der Waals surface area (Å²) in [5.74, 6) is -2.87. The molecule has 0 radical (unpaired) electrons. The third kappa shape index (κ3) is 2.94. The van der Waals surface area contributed by atoms with Crippen molar-refractivity contribution in [2.75, 3.05) is 5.32 Å². The van der Waals surface area contributed by atoms with Crippen molar-refractivity contribution < 1.29 is 19.1 Å². The van der Waals surface area contributed by atoms with Crippen LogP contribution in [-0.2, 0) is 9.59 Å². The van der Waals surface area contributed by atoms with Crippen molar-refractivity contribution in [3.05, 3.63) is 29.6 Å². The standard InChI is InChI=1S/C14H13FN2O3/c15-11-5-8(7-16)1-4-12(11)17-13(18)9-2-3-10(6-9)14(19)20/h1,4-5,9-10H,2-3,6H2,(H,17,18)(H,19,20). The van der Waals surface area contributed by atoms with E-state index in [-0.39, 0.29) is 23.6 Å². The van der Waals surface area contributed by atoms with Gasteiger partial charge in [-0.05, 0) is 37.5 Å². The predicted octanol–water partition coefficient (Wildman–Crippen LogP) is 2.14. The zero-order valence-electron chi connectivity index (χ0n) is 10.6. The summed E-state index contributed by atoms with van der Waals surface area (Å²) >= 11 is 0. The van der Waals surface area contributed by atoms with Crippen LogP contribution in [0.4, 0.5) is 10.1 Å². The number of nitrogens with one attached hydrogen (secondary N) is 1. The minimum absolute atomic E-state index is 0.00720. The lowest BCUT2D eigenvalue weighted by Crippen LogP contribution is -2.22. The summed E-state index contributed by atoms with van der Waals surface area (Å²) in [6, 6.07) is 5.59. The Balaban J connectivity index is 2.02. The Bertz CT molecular complexity index is 595. The Kier molecular flexibility index (Phi) is 3.99. The van der Waals surface area contributed by atoms with Gasteiger partial charge in [-0.15, -0.1) is 0 Å². The van der Waals surface area contributed by atoms with Gasteiger partial charge in [0.2, 0.25) is 5.91 Å². The number of carboxylic acids is 1. The molecule has 0 bridgehead atoms.